The van der Waals surface area contributed by atoms with Crippen LogP contribution < -0.4 is 5.32 Å². The molecule has 1 aromatic heterocycles. The number of hydrogen-bond acceptors (Lipinski definition) is 3. The zero-order valence-corrected chi connectivity index (χ0v) is 12.6. The molecule has 0 spiro atoms. The van der Waals surface area contributed by atoms with Crippen molar-refractivity contribution in [2.24, 2.45) is 0 Å². The summed E-state index contributed by atoms with van der Waals surface area (Å²) in [5.41, 5.74) is 0. The van der Waals surface area contributed by atoms with Gasteiger partial charge in [0.05, 0.1) is 0 Å². The van der Waals surface area contributed by atoms with Crippen LogP contribution in [0.5, 0.6) is 0 Å². The summed E-state index contributed by atoms with van der Waals surface area (Å²) in [6.45, 7) is 11.0. The minimum atomic E-state index is 0.559. The lowest BCUT2D eigenvalue weighted by Gasteiger charge is -2.22. The van der Waals surface area contributed by atoms with E-state index in [9.17, 15) is 0 Å². The zero-order chi connectivity index (χ0) is 12.8. The number of nitrogens with zero attached hydrogens (tertiary/aromatic N) is 1. The average molecular weight is 254 g/mol. The molecule has 0 saturated carbocycles. The predicted octanol–water partition coefficient (Wildman–Crippen LogP) is 3.48. The Labute approximate surface area is 110 Å². The number of thiophene rings is 1. The third-order valence-electron chi connectivity index (χ3n) is 3.15. The summed E-state index contributed by atoms with van der Waals surface area (Å²) < 4.78 is 0. The van der Waals surface area contributed by atoms with Gasteiger partial charge in [0.25, 0.3) is 0 Å². The van der Waals surface area contributed by atoms with Gasteiger partial charge in [0.1, 0.15) is 0 Å². The van der Waals surface area contributed by atoms with Crippen LogP contribution in [0.4, 0.5) is 0 Å². The molecule has 0 saturated heterocycles. The summed E-state index contributed by atoms with van der Waals surface area (Å²) in [5, 5.41) is 3.46. The highest BCUT2D eigenvalue weighted by atomic mass is 32.1. The Kier molecular flexibility index (Phi) is 6.17. The maximum absolute atomic E-state index is 3.46. The van der Waals surface area contributed by atoms with Crippen LogP contribution in [0.1, 0.15) is 43.9 Å². The van der Waals surface area contributed by atoms with Crippen LogP contribution >= 0.6 is 11.3 Å². The molecule has 1 heterocycles. The van der Waals surface area contributed by atoms with Gasteiger partial charge in [0.2, 0.25) is 0 Å². The summed E-state index contributed by atoms with van der Waals surface area (Å²) in [5.74, 6) is 0. The van der Waals surface area contributed by atoms with E-state index in [4.69, 9.17) is 0 Å². The second-order valence-electron chi connectivity index (χ2n) is 5.08. The van der Waals surface area contributed by atoms with Crippen molar-refractivity contribution in [3.05, 3.63) is 21.9 Å². The van der Waals surface area contributed by atoms with E-state index in [0.717, 1.165) is 13.1 Å². The molecular formula is C14H26N2S. The smallest absolute Gasteiger partial charge is 0.0327 e. The summed E-state index contributed by atoms with van der Waals surface area (Å²) in [6.07, 6.45) is 1.21. The Hall–Kier alpha value is -0.380. The standard InChI is InChI=1S/C14H26N2S/c1-6-12(4)16(5)10-14-8-7-13(17-14)9-15-11(2)3/h7-8,11-12,15H,6,9-10H2,1-5H3. The van der Waals surface area contributed by atoms with E-state index >= 15 is 0 Å². The zero-order valence-electron chi connectivity index (χ0n) is 11.8. The molecule has 0 fully saturated rings. The molecule has 0 radical (unpaired) electrons. The van der Waals surface area contributed by atoms with Crippen molar-refractivity contribution in [1.29, 1.82) is 0 Å². The summed E-state index contributed by atoms with van der Waals surface area (Å²) in [6, 6.07) is 5.73. The normalized spacial score (nSPS) is 13.6. The molecule has 3 heteroatoms. The van der Waals surface area contributed by atoms with Crippen molar-refractivity contribution in [3.63, 3.8) is 0 Å². The van der Waals surface area contributed by atoms with Gasteiger partial charge in [-0.2, -0.15) is 0 Å². The lowest BCUT2D eigenvalue weighted by molar-refractivity contribution is 0.246. The van der Waals surface area contributed by atoms with Crippen LogP contribution in [0, 0.1) is 0 Å². The van der Waals surface area contributed by atoms with E-state index in [2.05, 4.69) is 57.1 Å². The lowest BCUT2D eigenvalue weighted by Crippen LogP contribution is -2.27. The predicted molar refractivity (Wildman–Crippen MR) is 77.5 cm³/mol. The van der Waals surface area contributed by atoms with Crippen LogP contribution in [0.2, 0.25) is 0 Å². The van der Waals surface area contributed by atoms with Gasteiger partial charge in [-0.1, -0.05) is 20.8 Å². The Balaban J connectivity index is 2.45. The molecule has 0 aromatic carbocycles. The second kappa shape index (κ2) is 7.14. The molecule has 0 bridgehead atoms. The number of rotatable bonds is 7. The van der Waals surface area contributed by atoms with Crippen molar-refractivity contribution in [2.75, 3.05) is 7.05 Å². The van der Waals surface area contributed by atoms with E-state index in [1.807, 2.05) is 11.3 Å². The molecule has 0 amide bonds. The second-order valence-corrected chi connectivity index (χ2v) is 6.33. The van der Waals surface area contributed by atoms with Crippen molar-refractivity contribution >= 4 is 11.3 Å². The summed E-state index contributed by atoms with van der Waals surface area (Å²) in [7, 11) is 2.21. The summed E-state index contributed by atoms with van der Waals surface area (Å²) >= 11 is 1.93. The lowest BCUT2D eigenvalue weighted by atomic mass is 10.2. The molecule has 1 atom stereocenters. The molecular weight excluding hydrogens is 228 g/mol. The van der Waals surface area contributed by atoms with Gasteiger partial charge in [-0.05, 0) is 32.5 Å². The van der Waals surface area contributed by atoms with Crippen LogP contribution in [0.3, 0.4) is 0 Å². The molecule has 0 aliphatic carbocycles. The van der Waals surface area contributed by atoms with Gasteiger partial charge in [-0.3, -0.25) is 4.90 Å². The van der Waals surface area contributed by atoms with Crippen LogP contribution in [0.25, 0.3) is 0 Å². The third-order valence-corrected chi connectivity index (χ3v) is 4.22. The maximum Gasteiger partial charge on any atom is 0.0327 e. The fourth-order valence-electron chi connectivity index (χ4n) is 1.62. The first-order valence-corrected chi connectivity index (χ1v) is 7.35. The molecule has 1 N–H and O–H groups in total. The van der Waals surface area contributed by atoms with Gasteiger partial charge in [-0.25, -0.2) is 0 Å². The van der Waals surface area contributed by atoms with Gasteiger partial charge >= 0.3 is 0 Å². The van der Waals surface area contributed by atoms with E-state index < -0.39 is 0 Å². The van der Waals surface area contributed by atoms with Gasteiger partial charge in [0.15, 0.2) is 0 Å². The largest absolute Gasteiger partial charge is 0.310 e. The highest BCUT2D eigenvalue weighted by Crippen LogP contribution is 2.19. The SMILES string of the molecule is CCC(C)N(C)Cc1ccc(CNC(C)C)s1. The maximum atomic E-state index is 3.46. The third kappa shape index (κ3) is 5.19. The first-order chi connectivity index (χ1) is 8.02. The van der Waals surface area contributed by atoms with Crippen molar-refractivity contribution in [3.8, 4) is 0 Å². The van der Waals surface area contributed by atoms with Crippen LogP contribution in [0.15, 0.2) is 12.1 Å². The number of nitrogens with one attached hydrogen (secondary N) is 1. The Bertz CT molecular complexity index is 320. The van der Waals surface area contributed by atoms with Crippen molar-refractivity contribution < 1.29 is 0 Å². The molecule has 1 unspecified atom stereocenters. The monoisotopic (exact) mass is 254 g/mol. The minimum Gasteiger partial charge on any atom is -0.310 e. The van der Waals surface area contributed by atoms with Gasteiger partial charge < -0.3 is 5.32 Å². The van der Waals surface area contributed by atoms with Crippen LogP contribution in [-0.4, -0.2) is 24.0 Å². The molecule has 1 rings (SSSR count). The number of hydrogen-bond donors (Lipinski definition) is 1. The molecule has 98 valence electrons. The molecule has 17 heavy (non-hydrogen) atoms. The Morgan fingerprint density at radius 2 is 1.88 bits per heavy atom. The Morgan fingerprint density at radius 1 is 1.24 bits per heavy atom. The average Bonchev–Trinajstić information content (AvgIpc) is 2.73. The van der Waals surface area contributed by atoms with E-state index in [1.54, 1.807) is 0 Å². The van der Waals surface area contributed by atoms with E-state index in [-0.39, 0.29) is 0 Å². The van der Waals surface area contributed by atoms with E-state index in [1.165, 1.54) is 16.2 Å². The van der Waals surface area contributed by atoms with Gasteiger partial charge in [-0.15, -0.1) is 11.3 Å². The van der Waals surface area contributed by atoms with E-state index in [0.29, 0.717) is 12.1 Å². The molecule has 2 nitrogen and oxygen atoms in total. The van der Waals surface area contributed by atoms with Gasteiger partial charge in [0, 0.05) is 34.9 Å². The minimum absolute atomic E-state index is 0.559. The highest BCUT2D eigenvalue weighted by molar-refractivity contribution is 7.11. The quantitative estimate of drug-likeness (QED) is 0.801. The van der Waals surface area contributed by atoms with Crippen LogP contribution in [-0.2, 0) is 13.1 Å². The first kappa shape index (κ1) is 14.7. The molecule has 1 aromatic rings. The highest BCUT2D eigenvalue weighted by Gasteiger charge is 2.09. The van der Waals surface area contributed by atoms with Crippen molar-refractivity contribution in [1.82, 2.24) is 10.2 Å². The fourth-order valence-corrected chi connectivity index (χ4v) is 2.65. The topological polar surface area (TPSA) is 15.3 Å². The first-order valence-electron chi connectivity index (χ1n) is 6.54. The fraction of sp³-hybridized carbons (Fsp3) is 0.714. The Morgan fingerprint density at radius 3 is 2.47 bits per heavy atom. The van der Waals surface area contributed by atoms with Crippen molar-refractivity contribution in [2.45, 2.75) is 59.3 Å². The molecule has 0 aliphatic rings. The molecule has 0 aliphatic heterocycles. The summed E-state index contributed by atoms with van der Waals surface area (Å²) in [4.78, 5) is 5.32.